The van der Waals surface area contributed by atoms with Crippen LogP contribution in [0, 0.1) is 27.7 Å². The fourth-order valence-corrected chi connectivity index (χ4v) is 6.00. The van der Waals surface area contributed by atoms with Gasteiger partial charge in [-0.25, -0.2) is 9.97 Å². The second kappa shape index (κ2) is 21.9. The van der Waals surface area contributed by atoms with Crippen molar-refractivity contribution in [1.82, 2.24) is 19.8 Å². The number of nitrogens with two attached hydrogens (primary N) is 1. The number of halogens is 1. The van der Waals surface area contributed by atoms with Crippen molar-refractivity contribution < 1.29 is 10.2 Å². The van der Waals surface area contributed by atoms with Gasteiger partial charge in [0.2, 0.25) is 0 Å². The Morgan fingerprint density at radius 1 is 0.618 bits per heavy atom. The van der Waals surface area contributed by atoms with Gasteiger partial charge in [-0.15, -0.1) is 0 Å². The van der Waals surface area contributed by atoms with E-state index in [1.54, 1.807) is 0 Å². The second-order valence-electron chi connectivity index (χ2n) is 14.1. The first kappa shape index (κ1) is 42.8. The summed E-state index contributed by atoms with van der Waals surface area (Å²) in [5.74, 6) is 0.833. The maximum absolute atomic E-state index is 10.4. The summed E-state index contributed by atoms with van der Waals surface area (Å²) in [4.78, 5) is 12.9. The highest BCUT2D eigenvalue weighted by Gasteiger charge is 2.12. The van der Waals surface area contributed by atoms with Crippen LogP contribution in [0.15, 0.2) is 138 Å². The molecule has 6 rings (SSSR count). The number of aryl methyl sites for hydroxylation is 4. The largest absolute Gasteiger partial charge is 0.399 e. The molecule has 288 valence electrons. The first-order valence-electron chi connectivity index (χ1n) is 18.4. The number of nitrogens with zero attached hydrogens (tertiary/aromatic N) is 4. The van der Waals surface area contributed by atoms with Crippen LogP contribution in [0.3, 0.4) is 0 Å². The predicted molar refractivity (Wildman–Crippen MR) is 231 cm³/mol. The number of benzene rings is 4. The first-order chi connectivity index (χ1) is 26.4. The standard InChI is InChI=1S/C23H27N3O.C15H17BrN2O.C8H11N/c1-17-9-10-18(2)21(13-17)25-23-12-11-19(14-24-23)15-26(3)16-22(27)20-7-5-4-6-8-20;1-18(10-12-7-8-15(16)17-9-12)11-14(19)13-5-3-2-4-6-13;1-6-3-4-7(2)8(9)5-6/h4-14,22,27H,15-16H2,1-3H3,(H,24,25);2-9,14,19H,10-11H2,1H3;3-5H,9H2,1-2H3. The monoisotopic (exact) mass is 802 g/mol. The number of aliphatic hydroxyl groups is 2. The summed E-state index contributed by atoms with van der Waals surface area (Å²) in [6.45, 7) is 10.9. The Hall–Kier alpha value is -4.90. The highest BCUT2D eigenvalue weighted by molar-refractivity contribution is 9.10. The van der Waals surface area contributed by atoms with E-state index in [4.69, 9.17) is 5.73 Å². The lowest BCUT2D eigenvalue weighted by Gasteiger charge is -2.21. The van der Waals surface area contributed by atoms with E-state index in [9.17, 15) is 10.2 Å². The summed E-state index contributed by atoms with van der Waals surface area (Å²) in [6.07, 6.45) is 2.78. The molecule has 55 heavy (non-hydrogen) atoms. The Kier molecular flexibility index (Phi) is 17.0. The molecular weight excluding hydrogens is 748 g/mol. The van der Waals surface area contributed by atoms with E-state index < -0.39 is 12.2 Å². The SMILES string of the molecule is CN(Cc1ccc(Br)nc1)CC(O)c1ccccc1.Cc1ccc(C)c(N)c1.Cc1ccc(C)c(Nc2ccc(CN(C)CC(O)c3ccccc3)cn2)c1. The number of hydrogen-bond donors (Lipinski definition) is 4. The van der Waals surface area contributed by atoms with Crippen LogP contribution in [0.4, 0.5) is 17.2 Å². The van der Waals surface area contributed by atoms with Gasteiger partial charge in [-0.3, -0.25) is 9.80 Å². The van der Waals surface area contributed by atoms with Gasteiger partial charge in [0.05, 0.1) is 12.2 Å². The van der Waals surface area contributed by atoms with E-state index in [2.05, 4.69) is 85.2 Å². The molecule has 0 saturated carbocycles. The van der Waals surface area contributed by atoms with Gasteiger partial charge in [-0.05, 0) is 126 Å². The molecule has 0 bridgehead atoms. The van der Waals surface area contributed by atoms with Crippen LogP contribution in [0.5, 0.6) is 0 Å². The lowest BCUT2D eigenvalue weighted by molar-refractivity contribution is 0.123. The third kappa shape index (κ3) is 15.0. The minimum atomic E-state index is -0.491. The van der Waals surface area contributed by atoms with Gasteiger partial charge < -0.3 is 21.3 Å². The number of pyridine rings is 2. The summed E-state index contributed by atoms with van der Waals surface area (Å²) < 4.78 is 0.836. The number of rotatable bonds is 12. The molecular formula is C46H55BrN6O2. The Morgan fingerprint density at radius 3 is 1.56 bits per heavy atom. The molecule has 0 spiro atoms. The van der Waals surface area contributed by atoms with E-state index in [-0.39, 0.29) is 0 Å². The molecule has 2 aromatic heterocycles. The van der Waals surface area contributed by atoms with Crippen molar-refractivity contribution in [3.8, 4) is 0 Å². The van der Waals surface area contributed by atoms with Crippen LogP contribution < -0.4 is 11.1 Å². The van der Waals surface area contributed by atoms with Crippen LogP contribution in [0.2, 0.25) is 0 Å². The average molecular weight is 804 g/mol. The highest BCUT2D eigenvalue weighted by atomic mass is 79.9. The normalized spacial score (nSPS) is 11.9. The third-order valence-corrected chi connectivity index (χ3v) is 9.42. The van der Waals surface area contributed by atoms with E-state index >= 15 is 0 Å². The molecule has 0 aliphatic rings. The Morgan fingerprint density at radius 2 is 1.11 bits per heavy atom. The minimum Gasteiger partial charge on any atom is -0.399 e. The molecule has 6 aromatic rings. The molecule has 2 unspecified atom stereocenters. The van der Waals surface area contributed by atoms with Crippen LogP contribution in [-0.4, -0.2) is 57.2 Å². The van der Waals surface area contributed by atoms with Gasteiger partial charge in [-0.2, -0.15) is 0 Å². The molecule has 0 fully saturated rings. The molecule has 0 aliphatic heterocycles. The van der Waals surface area contributed by atoms with Gasteiger partial charge in [0, 0.05) is 49.9 Å². The Bertz CT molecular complexity index is 2010. The zero-order valence-corrected chi connectivity index (χ0v) is 34.4. The smallest absolute Gasteiger partial charge is 0.130 e. The zero-order chi connectivity index (χ0) is 39.7. The summed E-state index contributed by atoms with van der Waals surface area (Å²) in [7, 11) is 4.00. The highest BCUT2D eigenvalue weighted by Crippen LogP contribution is 2.21. The molecule has 9 heteroatoms. The van der Waals surface area contributed by atoms with E-state index in [0.29, 0.717) is 13.1 Å². The Labute approximate surface area is 335 Å². The number of nitrogens with one attached hydrogen (secondary N) is 1. The van der Waals surface area contributed by atoms with Crippen LogP contribution in [0.25, 0.3) is 0 Å². The first-order valence-corrected chi connectivity index (χ1v) is 19.2. The van der Waals surface area contributed by atoms with Crippen molar-refractivity contribution in [3.63, 3.8) is 0 Å². The summed E-state index contributed by atoms with van der Waals surface area (Å²) >= 11 is 3.32. The average Bonchev–Trinajstić information content (AvgIpc) is 3.17. The van der Waals surface area contributed by atoms with Crippen LogP contribution in [-0.2, 0) is 13.1 Å². The van der Waals surface area contributed by atoms with Gasteiger partial charge in [0.25, 0.3) is 0 Å². The van der Waals surface area contributed by atoms with Gasteiger partial charge in [0.1, 0.15) is 10.4 Å². The maximum Gasteiger partial charge on any atom is 0.130 e. The molecule has 2 heterocycles. The van der Waals surface area contributed by atoms with Crippen molar-refractivity contribution in [2.24, 2.45) is 0 Å². The van der Waals surface area contributed by atoms with E-state index in [1.165, 1.54) is 16.7 Å². The number of likely N-dealkylation sites (N-methyl/N-ethyl adjacent to an activating group) is 2. The summed E-state index contributed by atoms with van der Waals surface area (Å²) in [5, 5.41) is 23.9. The van der Waals surface area contributed by atoms with Gasteiger partial charge >= 0.3 is 0 Å². The molecule has 0 aliphatic carbocycles. The lowest BCUT2D eigenvalue weighted by atomic mass is 10.1. The predicted octanol–water partition coefficient (Wildman–Crippen LogP) is 9.50. The lowest BCUT2D eigenvalue weighted by Crippen LogP contribution is -2.24. The second-order valence-corrected chi connectivity index (χ2v) is 14.9. The molecule has 4 aromatic carbocycles. The maximum atomic E-state index is 10.4. The van der Waals surface area contributed by atoms with Crippen LogP contribution >= 0.6 is 15.9 Å². The van der Waals surface area contributed by atoms with Crippen LogP contribution in [0.1, 0.15) is 56.7 Å². The number of hydrogen-bond acceptors (Lipinski definition) is 8. The van der Waals surface area contributed by atoms with E-state index in [1.807, 2.05) is 131 Å². The molecule has 8 nitrogen and oxygen atoms in total. The summed E-state index contributed by atoms with van der Waals surface area (Å²) in [5.41, 5.74) is 16.5. The molecule has 0 saturated heterocycles. The minimum absolute atomic E-state index is 0.463. The topological polar surface area (TPSA) is 111 Å². The number of aliphatic hydroxyl groups excluding tert-OH is 2. The van der Waals surface area contributed by atoms with Crippen molar-refractivity contribution in [1.29, 1.82) is 0 Å². The van der Waals surface area contributed by atoms with Crippen molar-refractivity contribution >= 4 is 33.1 Å². The number of nitrogen functional groups attached to an aromatic ring is 1. The zero-order valence-electron chi connectivity index (χ0n) is 32.8. The summed E-state index contributed by atoms with van der Waals surface area (Å²) in [6, 6.07) is 39.9. The molecule has 0 radical (unpaired) electrons. The Balaban J connectivity index is 0.000000207. The van der Waals surface area contributed by atoms with E-state index in [0.717, 1.165) is 62.7 Å². The van der Waals surface area contributed by atoms with Crippen molar-refractivity contribution in [3.05, 3.63) is 183 Å². The fraction of sp³-hybridized carbons (Fsp3) is 0.261. The number of anilines is 3. The quantitative estimate of drug-likeness (QED) is 0.0716. The molecule has 2 atom stereocenters. The van der Waals surface area contributed by atoms with Crippen molar-refractivity contribution in [2.45, 2.75) is 53.0 Å². The third-order valence-electron chi connectivity index (χ3n) is 8.95. The molecule has 5 N–H and O–H groups in total. The fourth-order valence-electron chi connectivity index (χ4n) is 5.76. The van der Waals surface area contributed by atoms with Gasteiger partial charge in [-0.1, -0.05) is 97.1 Å². The molecule has 0 amide bonds. The van der Waals surface area contributed by atoms with Crippen molar-refractivity contribution in [2.75, 3.05) is 38.2 Å². The van der Waals surface area contributed by atoms with Gasteiger partial charge in [0.15, 0.2) is 0 Å². The number of aromatic nitrogens is 2.